The van der Waals surface area contributed by atoms with Crippen LogP contribution in [0.2, 0.25) is 0 Å². The number of likely N-dealkylation sites (N-methyl/N-ethyl adjacent to an activating group) is 1. The van der Waals surface area contributed by atoms with Gasteiger partial charge >= 0.3 is 0 Å². The Morgan fingerprint density at radius 2 is 2.17 bits per heavy atom. The van der Waals surface area contributed by atoms with E-state index in [4.69, 9.17) is 0 Å². The molecular weight excluding hydrogens is 320 g/mol. The van der Waals surface area contributed by atoms with Crippen molar-refractivity contribution in [1.82, 2.24) is 20.1 Å². The van der Waals surface area contributed by atoms with Crippen LogP contribution in [0, 0.1) is 6.92 Å². The number of nitrogens with zero attached hydrogens (tertiary/aromatic N) is 3. The summed E-state index contributed by atoms with van der Waals surface area (Å²) in [6, 6.07) is 0.0415. The number of carbonyl (C=O) groups excluding carboxylic acids is 1. The van der Waals surface area contributed by atoms with E-state index in [2.05, 4.69) is 36.0 Å². The molecule has 0 bridgehead atoms. The standard InChI is InChI=1S/C18H26N4OS/c1-10(2)17-20-11(3)16(24-17)12(4)22(5)18(23)13-7-6-8-15-14(13)9-19-21-15/h9-10,12-13H,6-8H2,1-5H3,(H,19,21)/t12-,13+/m1/s1. The summed E-state index contributed by atoms with van der Waals surface area (Å²) in [6.07, 6.45) is 4.75. The summed E-state index contributed by atoms with van der Waals surface area (Å²) < 4.78 is 0. The molecule has 0 radical (unpaired) electrons. The minimum absolute atomic E-state index is 0.0415. The highest BCUT2D eigenvalue weighted by atomic mass is 32.1. The fourth-order valence-electron chi connectivity index (χ4n) is 3.39. The maximum Gasteiger partial charge on any atom is 0.230 e. The number of hydrogen-bond acceptors (Lipinski definition) is 4. The smallest absolute Gasteiger partial charge is 0.230 e. The number of amides is 1. The molecule has 6 heteroatoms. The van der Waals surface area contributed by atoms with Crippen LogP contribution in [0.25, 0.3) is 0 Å². The molecule has 0 unspecified atom stereocenters. The summed E-state index contributed by atoms with van der Waals surface area (Å²) in [5.74, 6) is 0.531. The van der Waals surface area contributed by atoms with Crippen LogP contribution < -0.4 is 0 Å². The quantitative estimate of drug-likeness (QED) is 0.912. The molecule has 0 saturated carbocycles. The van der Waals surface area contributed by atoms with Crippen LogP contribution in [0.3, 0.4) is 0 Å². The lowest BCUT2D eigenvalue weighted by Crippen LogP contribution is -2.35. The molecule has 1 aliphatic rings. The highest BCUT2D eigenvalue weighted by molar-refractivity contribution is 7.11. The second-order valence-electron chi connectivity index (χ2n) is 7.03. The maximum atomic E-state index is 13.1. The third kappa shape index (κ3) is 2.99. The zero-order chi connectivity index (χ0) is 17.4. The molecule has 1 N–H and O–H groups in total. The van der Waals surface area contributed by atoms with Gasteiger partial charge in [0.1, 0.15) is 0 Å². The van der Waals surface area contributed by atoms with Gasteiger partial charge in [0.15, 0.2) is 0 Å². The van der Waals surface area contributed by atoms with E-state index in [0.29, 0.717) is 5.92 Å². The van der Waals surface area contributed by atoms with E-state index in [1.807, 2.05) is 25.1 Å². The van der Waals surface area contributed by atoms with E-state index >= 15 is 0 Å². The summed E-state index contributed by atoms with van der Waals surface area (Å²) >= 11 is 1.73. The van der Waals surface area contributed by atoms with Crippen molar-refractivity contribution < 1.29 is 4.79 Å². The lowest BCUT2D eigenvalue weighted by atomic mass is 9.86. The lowest BCUT2D eigenvalue weighted by Gasteiger charge is -2.30. The largest absolute Gasteiger partial charge is 0.338 e. The Hall–Kier alpha value is -1.69. The minimum Gasteiger partial charge on any atom is -0.338 e. The van der Waals surface area contributed by atoms with E-state index in [-0.39, 0.29) is 17.9 Å². The summed E-state index contributed by atoms with van der Waals surface area (Å²) in [4.78, 5) is 20.9. The van der Waals surface area contributed by atoms with Crippen LogP contribution in [-0.2, 0) is 11.2 Å². The minimum atomic E-state index is -0.0715. The average molecular weight is 347 g/mol. The molecule has 2 aromatic heterocycles. The Morgan fingerprint density at radius 1 is 1.42 bits per heavy atom. The number of aromatic nitrogens is 3. The zero-order valence-electron chi connectivity index (χ0n) is 15.1. The number of hydrogen-bond donors (Lipinski definition) is 1. The fraction of sp³-hybridized carbons (Fsp3) is 0.611. The van der Waals surface area contributed by atoms with Gasteiger partial charge < -0.3 is 4.90 Å². The molecule has 2 aromatic rings. The monoisotopic (exact) mass is 346 g/mol. The van der Waals surface area contributed by atoms with Crippen molar-refractivity contribution in [2.24, 2.45) is 0 Å². The fourth-order valence-corrected chi connectivity index (χ4v) is 4.56. The second kappa shape index (κ2) is 6.67. The molecule has 24 heavy (non-hydrogen) atoms. The van der Waals surface area contributed by atoms with Gasteiger partial charge in [0.25, 0.3) is 0 Å². The molecular formula is C18H26N4OS. The highest BCUT2D eigenvalue weighted by Gasteiger charge is 2.32. The number of rotatable bonds is 4. The first-order valence-electron chi connectivity index (χ1n) is 8.66. The van der Waals surface area contributed by atoms with Crippen LogP contribution in [0.1, 0.15) is 78.3 Å². The van der Waals surface area contributed by atoms with Crippen LogP contribution in [0.15, 0.2) is 6.20 Å². The van der Waals surface area contributed by atoms with Crippen LogP contribution >= 0.6 is 11.3 Å². The Labute approximate surface area is 147 Å². The Bertz CT molecular complexity index is 733. The van der Waals surface area contributed by atoms with Gasteiger partial charge in [0.2, 0.25) is 5.91 Å². The first-order chi connectivity index (χ1) is 11.4. The van der Waals surface area contributed by atoms with Gasteiger partial charge in [0, 0.05) is 29.1 Å². The molecule has 1 amide bonds. The number of aromatic amines is 1. The predicted molar refractivity (Wildman–Crippen MR) is 96.4 cm³/mol. The molecule has 0 spiro atoms. The third-order valence-electron chi connectivity index (χ3n) is 5.00. The molecule has 0 saturated heterocycles. The van der Waals surface area contributed by atoms with Crippen molar-refractivity contribution in [3.05, 3.63) is 33.0 Å². The van der Waals surface area contributed by atoms with Crippen LogP contribution in [0.5, 0.6) is 0 Å². The number of fused-ring (bicyclic) bond motifs is 1. The number of nitrogens with one attached hydrogen (secondary N) is 1. The summed E-state index contributed by atoms with van der Waals surface area (Å²) in [5.41, 5.74) is 3.24. The van der Waals surface area contributed by atoms with Crippen molar-refractivity contribution in [3.8, 4) is 0 Å². The second-order valence-corrected chi connectivity index (χ2v) is 8.09. The van der Waals surface area contributed by atoms with Crippen molar-refractivity contribution in [2.45, 2.75) is 64.8 Å². The number of H-pyrrole nitrogens is 1. The average Bonchev–Trinajstić information content (AvgIpc) is 3.18. The van der Waals surface area contributed by atoms with Crippen LogP contribution in [0.4, 0.5) is 0 Å². The molecule has 0 aromatic carbocycles. The van der Waals surface area contributed by atoms with Gasteiger partial charge in [-0.3, -0.25) is 9.89 Å². The van der Waals surface area contributed by atoms with Gasteiger partial charge in [-0.05, 0) is 33.1 Å². The van der Waals surface area contributed by atoms with E-state index in [1.165, 1.54) is 4.88 Å². The maximum absolute atomic E-state index is 13.1. The Morgan fingerprint density at radius 3 is 2.83 bits per heavy atom. The van der Waals surface area contributed by atoms with Gasteiger partial charge in [-0.25, -0.2) is 4.98 Å². The Balaban J connectivity index is 1.81. The lowest BCUT2D eigenvalue weighted by molar-refractivity contribution is -0.133. The zero-order valence-corrected chi connectivity index (χ0v) is 15.9. The number of aryl methyl sites for hydroxylation is 2. The van der Waals surface area contributed by atoms with Crippen molar-refractivity contribution in [3.63, 3.8) is 0 Å². The van der Waals surface area contributed by atoms with E-state index < -0.39 is 0 Å². The van der Waals surface area contributed by atoms with E-state index in [0.717, 1.165) is 41.2 Å². The van der Waals surface area contributed by atoms with E-state index in [1.54, 1.807) is 11.3 Å². The summed E-state index contributed by atoms with van der Waals surface area (Å²) in [5, 5.41) is 8.31. The van der Waals surface area contributed by atoms with Crippen molar-refractivity contribution in [1.29, 1.82) is 0 Å². The third-order valence-corrected chi connectivity index (χ3v) is 6.62. The van der Waals surface area contributed by atoms with Crippen LogP contribution in [-0.4, -0.2) is 33.0 Å². The molecule has 2 atom stereocenters. The van der Waals surface area contributed by atoms with Gasteiger partial charge in [-0.2, -0.15) is 5.10 Å². The molecule has 2 heterocycles. The van der Waals surface area contributed by atoms with Gasteiger partial charge in [-0.15, -0.1) is 11.3 Å². The van der Waals surface area contributed by atoms with Gasteiger partial charge in [-0.1, -0.05) is 13.8 Å². The van der Waals surface area contributed by atoms with Gasteiger partial charge in [0.05, 0.1) is 28.9 Å². The first kappa shape index (κ1) is 17.1. The first-order valence-corrected chi connectivity index (χ1v) is 9.47. The molecule has 0 fully saturated rings. The molecule has 3 rings (SSSR count). The van der Waals surface area contributed by atoms with Crippen molar-refractivity contribution >= 4 is 17.2 Å². The highest BCUT2D eigenvalue weighted by Crippen LogP contribution is 2.36. The van der Waals surface area contributed by atoms with E-state index in [9.17, 15) is 4.79 Å². The summed E-state index contributed by atoms with van der Waals surface area (Å²) in [6.45, 7) is 8.46. The molecule has 0 aliphatic heterocycles. The molecule has 5 nitrogen and oxygen atoms in total. The van der Waals surface area contributed by atoms with Crippen molar-refractivity contribution in [2.75, 3.05) is 7.05 Å². The number of thiazole rings is 1. The Kier molecular flexibility index (Phi) is 4.76. The SMILES string of the molecule is Cc1nc(C(C)C)sc1[C@@H](C)N(C)C(=O)[C@H]1CCCc2[nH]ncc21. The predicted octanol–water partition coefficient (Wildman–Crippen LogP) is 3.94. The number of carbonyl (C=O) groups is 1. The normalized spacial score (nSPS) is 18.5. The molecule has 130 valence electrons. The molecule has 1 aliphatic carbocycles. The topological polar surface area (TPSA) is 61.9 Å². The summed E-state index contributed by atoms with van der Waals surface area (Å²) in [7, 11) is 1.91.